The smallest absolute Gasteiger partial charge is 0.329 e. The lowest BCUT2D eigenvalue weighted by molar-refractivity contribution is -0.158. The second-order valence-electron chi connectivity index (χ2n) is 5.95. The summed E-state index contributed by atoms with van der Waals surface area (Å²) < 4.78 is 7.46. The largest absolute Gasteiger partial charge is 0.458 e. The SMILES string of the molecule is CCc1nc2ccccc2n1C(C)C(=O)OC(C)(C)C. The van der Waals surface area contributed by atoms with Crippen molar-refractivity contribution >= 4 is 17.0 Å². The zero-order chi connectivity index (χ0) is 14.9. The Morgan fingerprint density at radius 2 is 2.00 bits per heavy atom. The molecule has 0 aliphatic carbocycles. The van der Waals surface area contributed by atoms with E-state index >= 15 is 0 Å². The normalized spacial score (nSPS) is 13.4. The molecular formula is C16H22N2O2. The first-order chi connectivity index (χ1) is 9.33. The van der Waals surface area contributed by atoms with Crippen LogP contribution in [-0.4, -0.2) is 21.1 Å². The van der Waals surface area contributed by atoms with E-state index in [0.29, 0.717) is 0 Å². The van der Waals surface area contributed by atoms with Crippen LogP contribution in [0.15, 0.2) is 24.3 Å². The van der Waals surface area contributed by atoms with E-state index in [0.717, 1.165) is 23.3 Å². The third kappa shape index (κ3) is 2.84. The number of para-hydroxylation sites is 2. The highest BCUT2D eigenvalue weighted by atomic mass is 16.6. The number of nitrogens with zero attached hydrogens (tertiary/aromatic N) is 2. The summed E-state index contributed by atoms with van der Waals surface area (Å²) in [4.78, 5) is 16.9. The summed E-state index contributed by atoms with van der Waals surface area (Å²) in [6.45, 7) is 9.54. The molecule has 1 unspecified atom stereocenters. The minimum Gasteiger partial charge on any atom is -0.458 e. The Morgan fingerprint density at radius 3 is 2.60 bits per heavy atom. The highest BCUT2D eigenvalue weighted by molar-refractivity contribution is 5.81. The molecule has 2 aromatic rings. The van der Waals surface area contributed by atoms with E-state index in [1.165, 1.54) is 0 Å². The van der Waals surface area contributed by atoms with Gasteiger partial charge in [0.25, 0.3) is 0 Å². The number of aryl methyl sites for hydroxylation is 1. The van der Waals surface area contributed by atoms with E-state index in [2.05, 4.69) is 4.98 Å². The topological polar surface area (TPSA) is 44.1 Å². The molecule has 4 heteroatoms. The molecule has 0 saturated heterocycles. The number of imidazole rings is 1. The Balaban J connectivity index is 2.43. The molecule has 4 nitrogen and oxygen atoms in total. The first-order valence-corrected chi connectivity index (χ1v) is 7.02. The van der Waals surface area contributed by atoms with Crippen LogP contribution in [0.4, 0.5) is 0 Å². The molecule has 20 heavy (non-hydrogen) atoms. The quantitative estimate of drug-likeness (QED) is 0.805. The van der Waals surface area contributed by atoms with Gasteiger partial charge in [0.15, 0.2) is 0 Å². The van der Waals surface area contributed by atoms with Crippen LogP contribution in [0.5, 0.6) is 0 Å². The molecule has 0 N–H and O–H groups in total. The van der Waals surface area contributed by atoms with Gasteiger partial charge in [-0.1, -0.05) is 19.1 Å². The van der Waals surface area contributed by atoms with Crippen LogP contribution in [0.1, 0.15) is 46.5 Å². The summed E-state index contributed by atoms with van der Waals surface area (Å²) in [7, 11) is 0. The summed E-state index contributed by atoms with van der Waals surface area (Å²) in [5, 5.41) is 0. The van der Waals surface area contributed by atoms with E-state index in [1.807, 2.05) is 63.5 Å². The van der Waals surface area contributed by atoms with Gasteiger partial charge in [-0.15, -0.1) is 0 Å². The average molecular weight is 274 g/mol. The minimum absolute atomic E-state index is 0.227. The Hall–Kier alpha value is -1.84. The van der Waals surface area contributed by atoms with Gasteiger partial charge in [-0.2, -0.15) is 0 Å². The van der Waals surface area contributed by atoms with Gasteiger partial charge >= 0.3 is 5.97 Å². The molecule has 0 saturated carbocycles. The van der Waals surface area contributed by atoms with Gasteiger partial charge in [0.1, 0.15) is 17.5 Å². The van der Waals surface area contributed by atoms with E-state index in [-0.39, 0.29) is 12.0 Å². The van der Waals surface area contributed by atoms with E-state index < -0.39 is 5.60 Å². The van der Waals surface area contributed by atoms with E-state index in [4.69, 9.17) is 4.74 Å². The third-order valence-corrected chi connectivity index (χ3v) is 3.12. The number of aromatic nitrogens is 2. The first-order valence-electron chi connectivity index (χ1n) is 7.02. The van der Waals surface area contributed by atoms with Crippen molar-refractivity contribution in [2.75, 3.05) is 0 Å². The Kier molecular flexibility index (Phi) is 3.84. The van der Waals surface area contributed by atoms with Crippen LogP contribution in [0, 0.1) is 0 Å². The van der Waals surface area contributed by atoms with E-state index in [1.54, 1.807) is 0 Å². The lowest BCUT2D eigenvalue weighted by Gasteiger charge is -2.23. The molecule has 0 aliphatic heterocycles. The lowest BCUT2D eigenvalue weighted by atomic mass is 10.2. The van der Waals surface area contributed by atoms with Crippen LogP contribution < -0.4 is 0 Å². The number of ether oxygens (including phenoxy) is 1. The molecule has 0 spiro atoms. The summed E-state index contributed by atoms with van der Waals surface area (Å²) in [5.74, 6) is 0.680. The Morgan fingerprint density at radius 1 is 1.35 bits per heavy atom. The highest BCUT2D eigenvalue weighted by Crippen LogP contribution is 2.23. The molecule has 1 aromatic carbocycles. The molecule has 1 heterocycles. The number of esters is 1. The minimum atomic E-state index is -0.478. The maximum Gasteiger partial charge on any atom is 0.329 e. The molecule has 0 bridgehead atoms. The number of fused-ring (bicyclic) bond motifs is 1. The first kappa shape index (κ1) is 14.6. The lowest BCUT2D eigenvalue weighted by Crippen LogP contribution is -2.29. The number of benzene rings is 1. The Bertz CT molecular complexity index is 623. The molecule has 0 fully saturated rings. The highest BCUT2D eigenvalue weighted by Gasteiger charge is 2.25. The van der Waals surface area contributed by atoms with Crippen LogP contribution in [0.2, 0.25) is 0 Å². The monoisotopic (exact) mass is 274 g/mol. The van der Waals surface area contributed by atoms with Gasteiger partial charge in [-0.05, 0) is 39.8 Å². The van der Waals surface area contributed by atoms with Gasteiger partial charge < -0.3 is 9.30 Å². The summed E-state index contributed by atoms with van der Waals surface area (Å²) in [6.07, 6.45) is 0.780. The van der Waals surface area contributed by atoms with Crippen molar-refractivity contribution in [2.45, 2.75) is 52.7 Å². The number of hydrogen-bond acceptors (Lipinski definition) is 3. The number of hydrogen-bond donors (Lipinski definition) is 0. The average Bonchev–Trinajstić information content (AvgIpc) is 2.74. The van der Waals surface area contributed by atoms with Gasteiger partial charge in [-0.25, -0.2) is 9.78 Å². The molecule has 2 rings (SSSR count). The number of carbonyl (C=O) groups excluding carboxylic acids is 1. The van der Waals surface area contributed by atoms with Crippen molar-refractivity contribution in [3.8, 4) is 0 Å². The maximum absolute atomic E-state index is 12.3. The van der Waals surface area contributed by atoms with Crippen molar-refractivity contribution < 1.29 is 9.53 Å². The van der Waals surface area contributed by atoms with Crippen LogP contribution in [0.3, 0.4) is 0 Å². The molecule has 1 atom stereocenters. The maximum atomic E-state index is 12.3. The molecule has 0 radical (unpaired) electrons. The fourth-order valence-corrected chi connectivity index (χ4v) is 2.27. The fraction of sp³-hybridized carbons (Fsp3) is 0.500. The van der Waals surface area contributed by atoms with Gasteiger partial charge in [0, 0.05) is 6.42 Å². The molecule has 1 aromatic heterocycles. The van der Waals surface area contributed by atoms with Crippen LogP contribution >= 0.6 is 0 Å². The van der Waals surface area contributed by atoms with Crippen LogP contribution in [0.25, 0.3) is 11.0 Å². The van der Waals surface area contributed by atoms with Crippen LogP contribution in [-0.2, 0) is 16.0 Å². The number of rotatable bonds is 3. The van der Waals surface area contributed by atoms with Crippen molar-refractivity contribution in [2.24, 2.45) is 0 Å². The molecule has 108 valence electrons. The summed E-state index contributed by atoms with van der Waals surface area (Å²) >= 11 is 0. The standard InChI is InChI=1S/C16H22N2O2/c1-6-14-17-12-9-7-8-10-13(12)18(14)11(2)15(19)20-16(3,4)5/h7-11H,6H2,1-5H3. The Labute approximate surface area is 119 Å². The zero-order valence-electron chi connectivity index (χ0n) is 12.8. The zero-order valence-corrected chi connectivity index (χ0v) is 12.8. The third-order valence-electron chi connectivity index (χ3n) is 3.12. The molecule has 0 aliphatic rings. The fourth-order valence-electron chi connectivity index (χ4n) is 2.27. The second-order valence-corrected chi connectivity index (χ2v) is 5.95. The van der Waals surface area contributed by atoms with Gasteiger partial charge in [-0.3, -0.25) is 0 Å². The molecular weight excluding hydrogens is 252 g/mol. The molecule has 0 amide bonds. The van der Waals surface area contributed by atoms with Crippen molar-refractivity contribution in [3.63, 3.8) is 0 Å². The van der Waals surface area contributed by atoms with Gasteiger partial charge in [0.05, 0.1) is 11.0 Å². The van der Waals surface area contributed by atoms with Crippen molar-refractivity contribution in [1.29, 1.82) is 0 Å². The van der Waals surface area contributed by atoms with Gasteiger partial charge in [0.2, 0.25) is 0 Å². The summed E-state index contributed by atoms with van der Waals surface area (Å²) in [6, 6.07) is 7.49. The predicted molar refractivity (Wildman–Crippen MR) is 79.7 cm³/mol. The number of carbonyl (C=O) groups is 1. The van der Waals surface area contributed by atoms with E-state index in [9.17, 15) is 4.79 Å². The predicted octanol–water partition coefficient (Wildman–Crippen LogP) is 3.50. The summed E-state index contributed by atoms with van der Waals surface area (Å²) in [5.41, 5.74) is 1.41. The second kappa shape index (κ2) is 5.27. The van der Waals surface area contributed by atoms with Crippen molar-refractivity contribution in [3.05, 3.63) is 30.1 Å². The van der Waals surface area contributed by atoms with Crippen molar-refractivity contribution in [1.82, 2.24) is 9.55 Å².